The summed E-state index contributed by atoms with van der Waals surface area (Å²) < 4.78 is 3.61. The Morgan fingerprint density at radius 3 is 2.82 bits per heavy atom. The first-order chi connectivity index (χ1) is 13.7. The van der Waals surface area contributed by atoms with E-state index in [0.717, 1.165) is 31.6 Å². The second kappa shape index (κ2) is 8.16. The third kappa shape index (κ3) is 4.51. The summed E-state index contributed by atoms with van der Waals surface area (Å²) in [6.07, 6.45) is 9.39. The topological polar surface area (TPSA) is 80.0 Å². The fraction of sp³-hybridized carbons (Fsp3) is 0.350. The van der Waals surface area contributed by atoms with E-state index in [1.807, 2.05) is 48.5 Å². The quantitative estimate of drug-likeness (QED) is 0.714. The Hall–Kier alpha value is -3.29. The van der Waals surface area contributed by atoms with Crippen LogP contribution in [0.25, 0.3) is 0 Å². The summed E-state index contributed by atoms with van der Waals surface area (Å²) in [5.41, 5.74) is 2.95. The number of urea groups is 1. The van der Waals surface area contributed by atoms with Crippen molar-refractivity contribution < 1.29 is 4.79 Å². The molecule has 1 aliphatic rings. The normalized spacial score (nSPS) is 16.8. The van der Waals surface area contributed by atoms with Crippen molar-refractivity contribution in [3.63, 3.8) is 0 Å². The number of aromatic nitrogens is 4. The van der Waals surface area contributed by atoms with Gasteiger partial charge in [0.2, 0.25) is 0 Å². The lowest BCUT2D eigenvalue weighted by molar-refractivity contribution is 0.246. The zero-order valence-corrected chi connectivity index (χ0v) is 16.0. The molecule has 4 rings (SSSR count). The molecule has 28 heavy (non-hydrogen) atoms. The summed E-state index contributed by atoms with van der Waals surface area (Å²) in [7, 11) is 1.91. The first-order valence-corrected chi connectivity index (χ1v) is 9.53. The van der Waals surface area contributed by atoms with Crippen molar-refractivity contribution in [2.75, 3.05) is 23.3 Å². The molecule has 1 saturated heterocycles. The number of benzene rings is 1. The van der Waals surface area contributed by atoms with E-state index in [1.54, 1.807) is 10.9 Å². The van der Waals surface area contributed by atoms with Crippen molar-refractivity contribution in [1.82, 2.24) is 24.9 Å². The molecular formula is C20H25N7O. The van der Waals surface area contributed by atoms with Crippen molar-refractivity contribution in [2.45, 2.75) is 25.4 Å². The zero-order valence-electron chi connectivity index (χ0n) is 16.0. The third-order valence-electron chi connectivity index (χ3n) is 4.89. The van der Waals surface area contributed by atoms with Crippen LogP contribution in [0, 0.1) is 0 Å². The van der Waals surface area contributed by atoms with Crippen LogP contribution in [0.15, 0.2) is 55.1 Å². The SMILES string of the molecule is Cn1cc(N2CCCC(NC(=O)Nc3cnn(Cc4ccccc4)c3)C2)cn1. The summed E-state index contributed by atoms with van der Waals surface area (Å²) >= 11 is 0. The first-order valence-electron chi connectivity index (χ1n) is 9.53. The molecule has 2 amide bonds. The Morgan fingerprint density at radius 1 is 1.18 bits per heavy atom. The number of nitrogens with zero attached hydrogens (tertiary/aromatic N) is 5. The second-order valence-electron chi connectivity index (χ2n) is 7.17. The Labute approximate surface area is 164 Å². The van der Waals surface area contributed by atoms with Crippen LogP contribution in [0.5, 0.6) is 0 Å². The molecule has 3 aromatic rings. The van der Waals surface area contributed by atoms with Gasteiger partial charge in [-0.15, -0.1) is 0 Å². The molecular weight excluding hydrogens is 354 g/mol. The molecule has 1 unspecified atom stereocenters. The van der Waals surface area contributed by atoms with Gasteiger partial charge in [-0.05, 0) is 18.4 Å². The molecule has 0 aliphatic carbocycles. The number of hydrogen-bond acceptors (Lipinski definition) is 4. The fourth-order valence-corrected chi connectivity index (χ4v) is 3.54. The van der Waals surface area contributed by atoms with Crippen LogP contribution in [0.1, 0.15) is 18.4 Å². The predicted molar refractivity (Wildman–Crippen MR) is 108 cm³/mol. The van der Waals surface area contributed by atoms with Crippen molar-refractivity contribution >= 4 is 17.4 Å². The maximum atomic E-state index is 12.4. The summed E-state index contributed by atoms with van der Waals surface area (Å²) in [6.45, 7) is 2.44. The van der Waals surface area contributed by atoms with Gasteiger partial charge in [0.05, 0.1) is 30.3 Å². The van der Waals surface area contributed by atoms with Crippen molar-refractivity contribution in [1.29, 1.82) is 0 Å². The monoisotopic (exact) mass is 379 g/mol. The van der Waals surface area contributed by atoms with Crippen LogP contribution in [-0.2, 0) is 13.6 Å². The molecule has 0 bridgehead atoms. The lowest BCUT2D eigenvalue weighted by Gasteiger charge is -2.33. The van der Waals surface area contributed by atoms with Gasteiger partial charge < -0.3 is 15.5 Å². The average molecular weight is 379 g/mol. The highest BCUT2D eigenvalue weighted by atomic mass is 16.2. The van der Waals surface area contributed by atoms with Gasteiger partial charge >= 0.3 is 6.03 Å². The molecule has 2 aromatic heterocycles. The summed E-state index contributed by atoms with van der Waals surface area (Å²) in [5, 5.41) is 14.5. The highest BCUT2D eigenvalue weighted by Gasteiger charge is 2.22. The third-order valence-corrected chi connectivity index (χ3v) is 4.89. The fourth-order valence-electron chi connectivity index (χ4n) is 3.54. The van der Waals surface area contributed by atoms with E-state index in [9.17, 15) is 4.79 Å². The van der Waals surface area contributed by atoms with Gasteiger partial charge in [-0.3, -0.25) is 9.36 Å². The molecule has 1 aromatic carbocycles. The van der Waals surface area contributed by atoms with Crippen molar-refractivity contribution in [3.05, 3.63) is 60.7 Å². The largest absolute Gasteiger partial charge is 0.367 e. The van der Waals surface area contributed by atoms with E-state index < -0.39 is 0 Å². The number of hydrogen-bond donors (Lipinski definition) is 2. The minimum atomic E-state index is -0.197. The smallest absolute Gasteiger partial charge is 0.319 e. The van der Waals surface area contributed by atoms with Crippen LogP contribution < -0.4 is 15.5 Å². The number of carbonyl (C=O) groups is 1. The lowest BCUT2D eigenvalue weighted by Crippen LogP contribution is -2.48. The molecule has 3 heterocycles. The highest BCUT2D eigenvalue weighted by molar-refractivity contribution is 5.89. The second-order valence-corrected chi connectivity index (χ2v) is 7.17. The van der Waals surface area contributed by atoms with Crippen LogP contribution in [0.4, 0.5) is 16.2 Å². The van der Waals surface area contributed by atoms with E-state index in [-0.39, 0.29) is 12.1 Å². The van der Waals surface area contributed by atoms with Gasteiger partial charge in [0, 0.05) is 38.6 Å². The van der Waals surface area contributed by atoms with Crippen LogP contribution >= 0.6 is 0 Å². The van der Waals surface area contributed by atoms with Gasteiger partial charge in [0.15, 0.2) is 0 Å². The molecule has 1 aliphatic heterocycles. The van der Waals surface area contributed by atoms with Crippen molar-refractivity contribution in [2.24, 2.45) is 7.05 Å². The number of amides is 2. The highest BCUT2D eigenvalue weighted by Crippen LogP contribution is 2.19. The van der Waals surface area contributed by atoms with E-state index in [1.165, 1.54) is 5.56 Å². The number of rotatable bonds is 5. The first kappa shape index (κ1) is 18.1. The maximum Gasteiger partial charge on any atom is 0.319 e. The van der Waals surface area contributed by atoms with Crippen LogP contribution in [-0.4, -0.2) is 44.7 Å². The Bertz CT molecular complexity index is 918. The van der Waals surface area contributed by atoms with Crippen molar-refractivity contribution in [3.8, 4) is 0 Å². The van der Waals surface area contributed by atoms with E-state index in [0.29, 0.717) is 12.2 Å². The molecule has 8 heteroatoms. The molecule has 1 atom stereocenters. The van der Waals surface area contributed by atoms with Crippen LogP contribution in [0.3, 0.4) is 0 Å². The lowest BCUT2D eigenvalue weighted by atomic mass is 10.1. The Balaban J connectivity index is 1.29. The number of nitrogens with one attached hydrogen (secondary N) is 2. The predicted octanol–water partition coefficient (Wildman–Crippen LogP) is 2.46. The number of aryl methyl sites for hydroxylation is 1. The minimum absolute atomic E-state index is 0.105. The molecule has 0 radical (unpaired) electrons. The summed E-state index contributed by atoms with van der Waals surface area (Å²) in [6, 6.07) is 10.0. The summed E-state index contributed by atoms with van der Waals surface area (Å²) in [4.78, 5) is 14.7. The van der Waals surface area contributed by atoms with Gasteiger partial charge in [0.25, 0.3) is 0 Å². The molecule has 2 N–H and O–H groups in total. The van der Waals surface area contributed by atoms with E-state index in [4.69, 9.17) is 0 Å². The maximum absolute atomic E-state index is 12.4. The van der Waals surface area contributed by atoms with Gasteiger partial charge in [-0.25, -0.2) is 4.79 Å². The Kier molecular flexibility index (Phi) is 5.27. The van der Waals surface area contributed by atoms with E-state index in [2.05, 4.69) is 37.9 Å². The Morgan fingerprint density at radius 2 is 2.04 bits per heavy atom. The van der Waals surface area contributed by atoms with Crippen LogP contribution in [0.2, 0.25) is 0 Å². The number of piperidine rings is 1. The van der Waals surface area contributed by atoms with Gasteiger partial charge in [-0.1, -0.05) is 30.3 Å². The minimum Gasteiger partial charge on any atom is -0.367 e. The van der Waals surface area contributed by atoms with E-state index >= 15 is 0 Å². The number of anilines is 2. The molecule has 1 fully saturated rings. The molecule has 8 nitrogen and oxygen atoms in total. The van der Waals surface area contributed by atoms with Gasteiger partial charge in [0.1, 0.15) is 0 Å². The molecule has 0 spiro atoms. The molecule has 146 valence electrons. The number of carbonyl (C=O) groups excluding carboxylic acids is 1. The van der Waals surface area contributed by atoms with Gasteiger partial charge in [-0.2, -0.15) is 10.2 Å². The standard InChI is InChI=1S/C20H25N7O/c1-25-15-19(11-21-25)26-9-5-8-17(13-26)23-20(28)24-18-10-22-27(14-18)12-16-6-3-2-4-7-16/h2-4,6-7,10-11,14-15,17H,5,8-9,12-13H2,1H3,(H2,23,24,28). The summed E-state index contributed by atoms with van der Waals surface area (Å²) in [5.74, 6) is 0. The zero-order chi connectivity index (χ0) is 19.3. The molecule has 0 saturated carbocycles. The average Bonchev–Trinajstić information content (AvgIpc) is 3.32.